The van der Waals surface area contributed by atoms with E-state index in [0.29, 0.717) is 5.56 Å². The second-order valence-corrected chi connectivity index (χ2v) is 4.76. The molecule has 0 saturated carbocycles. The van der Waals surface area contributed by atoms with Crippen LogP contribution in [0, 0.1) is 5.41 Å². The maximum absolute atomic E-state index is 11.1. The molecule has 0 aliphatic heterocycles. The average molecular weight is 191 g/mol. The van der Waals surface area contributed by atoms with Gasteiger partial charge in [-0.1, -0.05) is 39.0 Å². The van der Waals surface area contributed by atoms with Gasteiger partial charge in [0.15, 0.2) is 0 Å². The summed E-state index contributed by atoms with van der Waals surface area (Å²) in [4.78, 5) is 11.1. The summed E-state index contributed by atoms with van der Waals surface area (Å²) in [6, 6.07) is 7.52. The van der Waals surface area contributed by atoms with Gasteiger partial charge in [-0.3, -0.25) is 4.79 Å². The minimum atomic E-state index is -0.343. The van der Waals surface area contributed by atoms with E-state index >= 15 is 0 Å². The number of nitrogens with two attached hydrogens (primary N) is 1. The molecule has 0 bridgehead atoms. The molecule has 1 amide bonds. The predicted molar refractivity (Wildman–Crippen MR) is 58.1 cm³/mol. The van der Waals surface area contributed by atoms with E-state index in [1.807, 2.05) is 18.2 Å². The van der Waals surface area contributed by atoms with Gasteiger partial charge in [0.05, 0.1) is 0 Å². The van der Waals surface area contributed by atoms with Crippen molar-refractivity contribution in [2.75, 3.05) is 0 Å². The van der Waals surface area contributed by atoms with Crippen LogP contribution in [0.5, 0.6) is 0 Å². The lowest BCUT2D eigenvalue weighted by Crippen LogP contribution is -2.17. The first-order valence-electron chi connectivity index (χ1n) is 4.78. The SMILES string of the molecule is CC(C)(C)Cc1ccccc1C(N)=O. The third-order valence-corrected chi connectivity index (χ3v) is 2.00. The molecule has 14 heavy (non-hydrogen) atoms. The van der Waals surface area contributed by atoms with Gasteiger partial charge in [0.2, 0.25) is 5.91 Å². The lowest BCUT2D eigenvalue weighted by molar-refractivity contribution is 0.0999. The number of amides is 1. The van der Waals surface area contributed by atoms with Crippen molar-refractivity contribution in [1.82, 2.24) is 0 Å². The Balaban J connectivity index is 3.02. The van der Waals surface area contributed by atoms with Crippen LogP contribution < -0.4 is 5.73 Å². The van der Waals surface area contributed by atoms with E-state index in [4.69, 9.17) is 5.73 Å². The summed E-state index contributed by atoms with van der Waals surface area (Å²) in [5, 5.41) is 0. The fourth-order valence-electron chi connectivity index (χ4n) is 1.49. The molecule has 0 saturated heterocycles. The van der Waals surface area contributed by atoms with Gasteiger partial charge in [-0.25, -0.2) is 0 Å². The summed E-state index contributed by atoms with van der Waals surface area (Å²) in [7, 11) is 0. The third-order valence-electron chi connectivity index (χ3n) is 2.00. The minimum Gasteiger partial charge on any atom is -0.366 e. The summed E-state index contributed by atoms with van der Waals surface area (Å²) in [6.45, 7) is 6.43. The molecule has 2 N–H and O–H groups in total. The van der Waals surface area contributed by atoms with E-state index in [1.165, 1.54) is 0 Å². The molecule has 2 nitrogen and oxygen atoms in total. The van der Waals surface area contributed by atoms with E-state index in [-0.39, 0.29) is 11.3 Å². The van der Waals surface area contributed by atoms with Crippen molar-refractivity contribution in [1.29, 1.82) is 0 Å². The highest BCUT2D eigenvalue weighted by atomic mass is 16.1. The van der Waals surface area contributed by atoms with Crippen LogP contribution in [0.2, 0.25) is 0 Å². The second-order valence-electron chi connectivity index (χ2n) is 4.76. The number of carbonyl (C=O) groups is 1. The van der Waals surface area contributed by atoms with Gasteiger partial charge >= 0.3 is 0 Å². The molecule has 1 aromatic rings. The third kappa shape index (κ3) is 2.87. The second kappa shape index (κ2) is 3.82. The summed E-state index contributed by atoms with van der Waals surface area (Å²) >= 11 is 0. The van der Waals surface area contributed by atoms with Crippen LogP contribution in [0.1, 0.15) is 36.7 Å². The Morgan fingerprint density at radius 1 is 1.29 bits per heavy atom. The van der Waals surface area contributed by atoms with E-state index < -0.39 is 0 Å². The molecular formula is C12H17NO. The van der Waals surface area contributed by atoms with Crippen molar-refractivity contribution in [3.8, 4) is 0 Å². The number of hydrogen-bond acceptors (Lipinski definition) is 1. The first kappa shape index (κ1) is 10.8. The van der Waals surface area contributed by atoms with E-state index in [2.05, 4.69) is 20.8 Å². The monoisotopic (exact) mass is 191 g/mol. The molecule has 76 valence electrons. The summed E-state index contributed by atoms with van der Waals surface area (Å²) in [5.41, 5.74) is 7.14. The summed E-state index contributed by atoms with van der Waals surface area (Å²) in [5.74, 6) is -0.343. The Kier molecular flexibility index (Phi) is 2.94. The molecule has 2 heteroatoms. The molecule has 0 aliphatic carbocycles. The lowest BCUT2D eigenvalue weighted by Gasteiger charge is -2.19. The topological polar surface area (TPSA) is 43.1 Å². The Labute approximate surface area is 85.1 Å². The number of rotatable bonds is 2. The number of hydrogen-bond donors (Lipinski definition) is 1. The zero-order valence-electron chi connectivity index (χ0n) is 9.00. The smallest absolute Gasteiger partial charge is 0.248 e. The van der Waals surface area contributed by atoms with Crippen LogP contribution in [0.3, 0.4) is 0 Å². The van der Waals surface area contributed by atoms with E-state index in [0.717, 1.165) is 12.0 Å². The van der Waals surface area contributed by atoms with Crippen molar-refractivity contribution in [3.05, 3.63) is 35.4 Å². The van der Waals surface area contributed by atoms with Crippen molar-refractivity contribution in [2.24, 2.45) is 11.1 Å². The van der Waals surface area contributed by atoms with Crippen molar-refractivity contribution >= 4 is 5.91 Å². The van der Waals surface area contributed by atoms with E-state index in [9.17, 15) is 4.79 Å². The summed E-state index contributed by atoms with van der Waals surface area (Å²) in [6.07, 6.45) is 0.867. The molecule has 0 atom stereocenters. The Morgan fingerprint density at radius 2 is 1.86 bits per heavy atom. The molecule has 1 aromatic carbocycles. The quantitative estimate of drug-likeness (QED) is 0.766. The highest BCUT2D eigenvalue weighted by molar-refractivity contribution is 5.94. The largest absolute Gasteiger partial charge is 0.366 e. The Hall–Kier alpha value is -1.31. The minimum absolute atomic E-state index is 0.172. The predicted octanol–water partition coefficient (Wildman–Crippen LogP) is 2.37. The van der Waals surface area contributed by atoms with Gasteiger partial charge in [0.25, 0.3) is 0 Å². The fourth-order valence-corrected chi connectivity index (χ4v) is 1.49. The molecule has 1 rings (SSSR count). The first-order valence-corrected chi connectivity index (χ1v) is 4.78. The molecule has 0 fully saturated rings. The number of primary amides is 1. The van der Waals surface area contributed by atoms with Crippen molar-refractivity contribution in [3.63, 3.8) is 0 Å². The summed E-state index contributed by atoms with van der Waals surface area (Å²) < 4.78 is 0. The maximum Gasteiger partial charge on any atom is 0.248 e. The van der Waals surface area contributed by atoms with E-state index in [1.54, 1.807) is 6.07 Å². The number of carbonyl (C=O) groups excluding carboxylic acids is 1. The molecule has 0 aliphatic rings. The van der Waals surface area contributed by atoms with Crippen LogP contribution in [0.4, 0.5) is 0 Å². The van der Waals surface area contributed by atoms with Crippen LogP contribution >= 0.6 is 0 Å². The van der Waals surface area contributed by atoms with Crippen LogP contribution in [-0.4, -0.2) is 5.91 Å². The molecular weight excluding hydrogens is 174 g/mol. The fraction of sp³-hybridized carbons (Fsp3) is 0.417. The van der Waals surface area contributed by atoms with Gasteiger partial charge < -0.3 is 5.73 Å². The lowest BCUT2D eigenvalue weighted by atomic mass is 9.86. The molecule has 0 unspecified atom stereocenters. The van der Waals surface area contributed by atoms with Gasteiger partial charge in [-0.05, 0) is 23.5 Å². The number of benzene rings is 1. The zero-order valence-corrected chi connectivity index (χ0v) is 9.00. The van der Waals surface area contributed by atoms with Crippen LogP contribution in [0.25, 0.3) is 0 Å². The highest BCUT2D eigenvalue weighted by Gasteiger charge is 2.15. The Morgan fingerprint density at radius 3 is 2.36 bits per heavy atom. The average Bonchev–Trinajstić information content (AvgIpc) is 2.01. The maximum atomic E-state index is 11.1. The highest BCUT2D eigenvalue weighted by Crippen LogP contribution is 2.22. The standard InChI is InChI=1S/C12H17NO/c1-12(2,3)8-9-6-4-5-7-10(9)11(13)14/h4-7H,8H2,1-3H3,(H2,13,14). The zero-order chi connectivity index (χ0) is 10.8. The Bertz CT molecular complexity index is 336. The molecule has 0 aromatic heterocycles. The molecule has 0 radical (unpaired) electrons. The van der Waals surface area contributed by atoms with Crippen molar-refractivity contribution < 1.29 is 4.79 Å². The van der Waals surface area contributed by atoms with Crippen molar-refractivity contribution in [2.45, 2.75) is 27.2 Å². The van der Waals surface area contributed by atoms with Crippen LogP contribution in [-0.2, 0) is 6.42 Å². The van der Waals surface area contributed by atoms with Gasteiger partial charge in [0, 0.05) is 5.56 Å². The van der Waals surface area contributed by atoms with Gasteiger partial charge in [-0.15, -0.1) is 0 Å². The first-order chi connectivity index (χ1) is 6.40. The van der Waals surface area contributed by atoms with Gasteiger partial charge in [0.1, 0.15) is 0 Å². The van der Waals surface area contributed by atoms with Gasteiger partial charge in [-0.2, -0.15) is 0 Å². The molecule has 0 spiro atoms. The normalized spacial score (nSPS) is 11.4. The van der Waals surface area contributed by atoms with Crippen LogP contribution in [0.15, 0.2) is 24.3 Å². The molecule has 0 heterocycles.